The molecule has 0 aromatic carbocycles. The molecule has 100 valence electrons. The third-order valence-corrected chi connectivity index (χ3v) is 3.11. The van der Waals surface area contributed by atoms with E-state index in [-0.39, 0.29) is 11.2 Å². The van der Waals surface area contributed by atoms with Crippen molar-refractivity contribution < 1.29 is 9.53 Å². The van der Waals surface area contributed by atoms with E-state index >= 15 is 0 Å². The lowest BCUT2D eigenvalue weighted by Gasteiger charge is -2.21. The summed E-state index contributed by atoms with van der Waals surface area (Å²) >= 11 is 1.44. The number of hydrogen-bond acceptors (Lipinski definition) is 4. The smallest absolute Gasteiger partial charge is 0.319 e. The van der Waals surface area contributed by atoms with Crippen LogP contribution in [0.25, 0.3) is 0 Å². The Balaban J connectivity index is 2.69. The van der Waals surface area contributed by atoms with E-state index in [1.165, 1.54) is 11.8 Å². The van der Waals surface area contributed by atoms with Crippen molar-refractivity contribution >= 4 is 17.7 Å². The second-order valence-corrected chi connectivity index (χ2v) is 6.78. The summed E-state index contributed by atoms with van der Waals surface area (Å²) in [5.74, 6) is -0.201. The van der Waals surface area contributed by atoms with Crippen molar-refractivity contribution in [2.45, 2.75) is 57.4 Å². The highest BCUT2D eigenvalue weighted by Gasteiger charge is 2.22. The van der Waals surface area contributed by atoms with Crippen LogP contribution in [0.1, 0.15) is 39.0 Å². The molecule has 0 aliphatic rings. The Morgan fingerprint density at radius 1 is 1.33 bits per heavy atom. The van der Waals surface area contributed by atoms with E-state index in [9.17, 15) is 4.79 Å². The Bertz CT molecular complexity index is 418. The van der Waals surface area contributed by atoms with Crippen LogP contribution in [0.2, 0.25) is 0 Å². The van der Waals surface area contributed by atoms with E-state index in [2.05, 4.69) is 4.98 Å². The molecule has 1 unspecified atom stereocenters. The summed E-state index contributed by atoms with van der Waals surface area (Å²) in [6.07, 6.45) is 0. The van der Waals surface area contributed by atoms with Crippen molar-refractivity contribution in [3.05, 3.63) is 23.4 Å². The summed E-state index contributed by atoms with van der Waals surface area (Å²) < 4.78 is 5.34. The van der Waals surface area contributed by atoms with Crippen molar-refractivity contribution in [2.75, 3.05) is 0 Å². The zero-order valence-electron chi connectivity index (χ0n) is 11.9. The summed E-state index contributed by atoms with van der Waals surface area (Å²) in [6, 6.07) is 4.00. The minimum Gasteiger partial charge on any atom is -0.459 e. The molecule has 0 N–H and O–H groups in total. The molecule has 0 saturated carbocycles. The van der Waals surface area contributed by atoms with Crippen LogP contribution in [0.3, 0.4) is 0 Å². The average Bonchev–Trinajstić information content (AvgIpc) is 2.12. The summed E-state index contributed by atoms with van der Waals surface area (Å²) in [5.41, 5.74) is 1.68. The maximum atomic E-state index is 11.9. The summed E-state index contributed by atoms with van der Waals surface area (Å²) in [5, 5.41) is 0.615. The van der Waals surface area contributed by atoms with Crippen LogP contribution < -0.4 is 0 Å². The second kappa shape index (κ2) is 5.74. The maximum absolute atomic E-state index is 11.9. The first-order chi connectivity index (χ1) is 8.17. The first-order valence-corrected chi connectivity index (χ1v) is 6.90. The zero-order chi connectivity index (χ0) is 13.9. The fourth-order valence-corrected chi connectivity index (χ4v) is 2.44. The molecule has 0 fully saturated rings. The molecule has 4 heteroatoms. The number of esters is 1. The van der Waals surface area contributed by atoms with Crippen molar-refractivity contribution in [1.82, 2.24) is 4.98 Å². The van der Waals surface area contributed by atoms with Crippen LogP contribution >= 0.6 is 11.8 Å². The first-order valence-electron chi connectivity index (χ1n) is 6.02. The molecule has 1 atom stereocenters. The molecule has 0 bridgehead atoms. The highest BCUT2D eigenvalue weighted by Crippen LogP contribution is 2.24. The molecular weight excluding hydrogens is 246 g/mol. The molecule has 0 saturated heterocycles. The van der Waals surface area contributed by atoms with Crippen LogP contribution in [0.15, 0.2) is 17.2 Å². The standard InChI is InChI=1S/C14H21NO2S/c1-9-7-10(2)15-12(8-9)18-11(3)13(16)17-14(4,5)6/h7-8,11H,1-6H3. The van der Waals surface area contributed by atoms with Gasteiger partial charge in [0.05, 0.1) is 5.03 Å². The van der Waals surface area contributed by atoms with E-state index in [1.54, 1.807) is 0 Å². The fraction of sp³-hybridized carbons (Fsp3) is 0.571. The van der Waals surface area contributed by atoms with Gasteiger partial charge in [-0.05, 0) is 59.2 Å². The van der Waals surface area contributed by atoms with Crippen LogP contribution in [0, 0.1) is 13.8 Å². The lowest BCUT2D eigenvalue weighted by molar-refractivity contribution is -0.153. The maximum Gasteiger partial charge on any atom is 0.319 e. The van der Waals surface area contributed by atoms with Gasteiger partial charge < -0.3 is 4.74 Å². The lowest BCUT2D eigenvalue weighted by Crippen LogP contribution is -2.28. The van der Waals surface area contributed by atoms with E-state index in [4.69, 9.17) is 4.74 Å². The number of thioether (sulfide) groups is 1. The predicted molar refractivity (Wildman–Crippen MR) is 74.9 cm³/mol. The van der Waals surface area contributed by atoms with Gasteiger partial charge in [0.15, 0.2) is 0 Å². The van der Waals surface area contributed by atoms with E-state index in [0.29, 0.717) is 0 Å². The molecule has 0 spiro atoms. The fourth-order valence-electron chi connectivity index (χ4n) is 1.48. The summed E-state index contributed by atoms with van der Waals surface area (Å²) in [7, 11) is 0. The molecule has 1 heterocycles. The van der Waals surface area contributed by atoms with Crippen LogP contribution in [-0.4, -0.2) is 21.8 Å². The normalized spacial score (nSPS) is 13.2. The Morgan fingerprint density at radius 3 is 2.44 bits per heavy atom. The Hall–Kier alpha value is -1.03. The van der Waals surface area contributed by atoms with Gasteiger partial charge in [0, 0.05) is 5.69 Å². The molecular formula is C14H21NO2S. The molecule has 3 nitrogen and oxygen atoms in total. The third-order valence-electron chi connectivity index (χ3n) is 2.11. The van der Waals surface area contributed by atoms with Crippen LogP contribution in [0.5, 0.6) is 0 Å². The number of aryl methyl sites for hydroxylation is 2. The summed E-state index contributed by atoms with van der Waals surface area (Å²) in [4.78, 5) is 16.3. The third kappa shape index (κ3) is 5.08. The van der Waals surface area contributed by atoms with E-state index < -0.39 is 5.60 Å². The van der Waals surface area contributed by atoms with Crippen molar-refractivity contribution in [2.24, 2.45) is 0 Å². The number of hydrogen-bond donors (Lipinski definition) is 0. The predicted octanol–water partition coefficient (Wildman–Crippen LogP) is 3.52. The number of carbonyl (C=O) groups excluding carboxylic acids is 1. The van der Waals surface area contributed by atoms with Crippen LogP contribution in [0.4, 0.5) is 0 Å². The topological polar surface area (TPSA) is 39.2 Å². The minimum absolute atomic E-state index is 0.201. The van der Waals surface area contributed by atoms with Crippen molar-refractivity contribution in [3.63, 3.8) is 0 Å². The number of aromatic nitrogens is 1. The zero-order valence-corrected chi connectivity index (χ0v) is 12.7. The van der Waals surface area contributed by atoms with Gasteiger partial charge in [0.2, 0.25) is 0 Å². The molecule has 0 aliphatic carbocycles. The molecule has 1 aromatic heterocycles. The molecule has 1 aromatic rings. The van der Waals surface area contributed by atoms with E-state index in [0.717, 1.165) is 16.3 Å². The second-order valence-electron chi connectivity index (χ2n) is 5.42. The number of rotatable bonds is 3. The highest BCUT2D eigenvalue weighted by molar-refractivity contribution is 8.00. The molecule has 18 heavy (non-hydrogen) atoms. The van der Waals surface area contributed by atoms with Crippen molar-refractivity contribution in [1.29, 1.82) is 0 Å². The largest absolute Gasteiger partial charge is 0.459 e. The number of carbonyl (C=O) groups is 1. The Labute approximate surface area is 113 Å². The van der Waals surface area contributed by atoms with Gasteiger partial charge >= 0.3 is 5.97 Å². The SMILES string of the molecule is Cc1cc(C)nc(SC(C)C(=O)OC(C)(C)C)c1. The average molecular weight is 267 g/mol. The summed E-state index contributed by atoms with van der Waals surface area (Å²) in [6.45, 7) is 11.4. The Morgan fingerprint density at radius 2 is 1.94 bits per heavy atom. The monoisotopic (exact) mass is 267 g/mol. The van der Waals surface area contributed by atoms with E-state index in [1.807, 2.05) is 53.7 Å². The molecule has 1 rings (SSSR count). The van der Waals surface area contributed by atoms with Gasteiger partial charge in [-0.1, -0.05) is 11.8 Å². The van der Waals surface area contributed by atoms with Gasteiger partial charge in [-0.2, -0.15) is 0 Å². The minimum atomic E-state index is -0.443. The van der Waals surface area contributed by atoms with Gasteiger partial charge in [-0.15, -0.1) is 0 Å². The number of nitrogens with zero attached hydrogens (tertiary/aromatic N) is 1. The Kier molecular flexibility index (Phi) is 4.79. The molecule has 0 aliphatic heterocycles. The molecule has 0 amide bonds. The quantitative estimate of drug-likeness (QED) is 0.620. The van der Waals surface area contributed by atoms with Crippen LogP contribution in [-0.2, 0) is 9.53 Å². The lowest BCUT2D eigenvalue weighted by atomic mass is 10.2. The van der Waals surface area contributed by atoms with Gasteiger partial charge in [0.1, 0.15) is 10.9 Å². The molecule has 0 radical (unpaired) electrons. The van der Waals surface area contributed by atoms with Gasteiger partial charge in [0.25, 0.3) is 0 Å². The number of ether oxygens (including phenoxy) is 1. The first kappa shape index (κ1) is 15.0. The highest BCUT2D eigenvalue weighted by atomic mass is 32.2. The van der Waals surface area contributed by atoms with Crippen molar-refractivity contribution in [3.8, 4) is 0 Å². The van der Waals surface area contributed by atoms with Gasteiger partial charge in [-0.25, -0.2) is 4.98 Å². The van der Waals surface area contributed by atoms with Gasteiger partial charge in [-0.3, -0.25) is 4.79 Å². The number of pyridine rings is 1.